The Balaban J connectivity index is 0.00000112. The molecule has 81 valence electrons. The fourth-order valence-corrected chi connectivity index (χ4v) is 1.21. The molecule has 2 aromatic rings. The average molecular weight is 298 g/mol. The smallest absolute Gasteiger partial charge is 0.351 e. The van der Waals surface area contributed by atoms with Crippen molar-refractivity contribution in [1.29, 1.82) is 0 Å². The third kappa shape index (κ3) is 2.18. The molecule has 5 heteroatoms. The van der Waals surface area contributed by atoms with E-state index < -0.39 is 11.6 Å². The molecule has 15 heavy (non-hydrogen) atoms. The summed E-state index contributed by atoms with van der Waals surface area (Å²) in [7, 11) is 0. The molecule has 0 bridgehead atoms. The van der Waals surface area contributed by atoms with Crippen LogP contribution in [-0.4, -0.2) is 11.1 Å². The van der Waals surface area contributed by atoms with Crippen molar-refractivity contribution in [3.8, 4) is 0 Å². The number of carboxylic acid groups (broad SMARTS) is 1. The Labute approximate surface area is 100 Å². The Kier molecular flexibility index (Phi) is 3.47. The van der Waals surface area contributed by atoms with Crippen LogP contribution in [0.2, 0.25) is 0 Å². The van der Waals surface area contributed by atoms with E-state index in [1.54, 1.807) is 24.3 Å². The summed E-state index contributed by atoms with van der Waals surface area (Å²) in [6.07, 6.45) is 0. The Hall–Kier alpha value is -1.36. The maximum atomic E-state index is 11.1. The molecule has 1 N–H and O–H groups in total. The van der Waals surface area contributed by atoms with Crippen molar-refractivity contribution in [3.05, 3.63) is 46.3 Å². The van der Waals surface area contributed by atoms with Crippen LogP contribution in [0.25, 0.3) is 11.0 Å². The van der Waals surface area contributed by atoms with Crippen molar-refractivity contribution in [2.45, 2.75) is 0 Å². The van der Waals surface area contributed by atoms with Gasteiger partial charge in [0.2, 0.25) is 0 Å². The van der Waals surface area contributed by atoms with E-state index in [0.29, 0.717) is 11.0 Å². The topological polar surface area (TPSA) is 67.5 Å². The maximum Gasteiger partial charge on any atom is 0.351 e. The van der Waals surface area contributed by atoms with E-state index in [1.807, 2.05) is 0 Å². The second kappa shape index (κ2) is 4.44. The van der Waals surface area contributed by atoms with E-state index in [2.05, 4.69) is 0 Å². The Morgan fingerprint density at radius 3 is 2.60 bits per heavy atom. The first-order valence-corrected chi connectivity index (χ1v) is 3.94. The van der Waals surface area contributed by atoms with Gasteiger partial charge in [-0.1, -0.05) is 18.2 Å². The zero-order chi connectivity index (χ0) is 10.1. The molecule has 0 amide bonds. The number of aromatic carboxylic acids is 1. The minimum Gasteiger partial charge on any atom is -0.477 e. The normalized spacial score (nSPS) is 9.60. The van der Waals surface area contributed by atoms with Crippen LogP contribution in [0.15, 0.2) is 39.5 Å². The van der Waals surface area contributed by atoms with Gasteiger partial charge in [-0.3, -0.25) is 0 Å². The number of hydrogen-bond acceptors (Lipinski definition) is 3. The fourth-order valence-electron chi connectivity index (χ4n) is 1.21. The molecule has 0 aliphatic carbocycles. The Morgan fingerprint density at radius 1 is 1.27 bits per heavy atom. The summed E-state index contributed by atoms with van der Waals surface area (Å²) in [4.78, 5) is 21.7. The zero-order valence-electron chi connectivity index (χ0n) is 7.36. The van der Waals surface area contributed by atoms with Crippen LogP contribution in [0.3, 0.4) is 0 Å². The van der Waals surface area contributed by atoms with Crippen LogP contribution in [0.1, 0.15) is 10.4 Å². The van der Waals surface area contributed by atoms with Gasteiger partial charge >= 0.3 is 11.6 Å². The van der Waals surface area contributed by atoms with E-state index in [0.717, 1.165) is 0 Å². The third-order valence-electron chi connectivity index (χ3n) is 1.87. The van der Waals surface area contributed by atoms with E-state index in [1.165, 1.54) is 6.07 Å². The van der Waals surface area contributed by atoms with E-state index in [-0.39, 0.29) is 27.9 Å². The van der Waals surface area contributed by atoms with Crippen LogP contribution in [-0.2, 0) is 22.4 Å². The third-order valence-corrected chi connectivity index (χ3v) is 1.87. The summed E-state index contributed by atoms with van der Waals surface area (Å²) in [5.74, 6) is -1.27. The van der Waals surface area contributed by atoms with Crippen molar-refractivity contribution in [3.63, 3.8) is 0 Å². The van der Waals surface area contributed by atoms with Crippen LogP contribution in [0.5, 0.6) is 0 Å². The molecule has 4 nitrogen and oxygen atoms in total. The molecule has 0 saturated heterocycles. The number of rotatable bonds is 1. The summed E-state index contributed by atoms with van der Waals surface area (Å²) in [5, 5.41) is 9.27. The van der Waals surface area contributed by atoms with Crippen LogP contribution in [0.4, 0.5) is 0 Å². The minimum atomic E-state index is -1.27. The summed E-state index contributed by atoms with van der Waals surface area (Å²) in [6.45, 7) is 0. The summed E-state index contributed by atoms with van der Waals surface area (Å²) in [6, 6.07) is 8.07. The van der Waals surface area contributed by atoms with Gasteiger partial charge in [0, 0.05) is 27.8 Å². The van der Waals surface area contributed by atoms with Crippen LogP contribution >= 0.6 is 0 Å². The first-order chi connectivity index (χ1) is 6.68. The Bertz CT molecular complexity index is 559. The van der Waals surface area contributed by atoms with Gasteiger partial charge in [0.1, 0.15) is 11.1 Å². The predicted molar refractivity (Wildman–Crippen MR) is 49.4 cm³/mol. The monoisotopic (exact) mass is 297 g/mol. The average Bonchev–Trinajstić information content (AvgIpc) is 2.16. The van der Waals surface area contributed by atoms with Gasteiger partial charge in [-0.15, -0.1) is 0 Å². The molecule has 0 unspecified atom stereocenters. The van der Waals surface area contributed by atoms with Gasteiger partial charge in [-0.25, -0.2) is 9.59 Å². The number of carboxylic acids is 1. The van der Waals surface area contributed by atoms with Gasteiger partial charge in [-0.05, 0) is 12.1 Å². The number of benzene rings is 1. The molecule has 1 radical (unpaired) electrons. The minimum absolute atomic E-state index is 0. The molecule has 0 aliphatic rings. The fraction of sp³-hybridized carbons (Fsp3) is 0. The SMILES string of the molecule is O=C(O)c1cc2ccccc2oc1=O.[Ag]. The second-order valence-corrected chi connectivity index (χ2v) is 2.79. The van der Waals surface area contributed by atoms with Crippen molar-refractivity contribution >= 4 is 16.9 Å². The van der Waals surface area contributed by atoms with E-state index in [4.69, 9.17) is 9.52 Å². The van der Waals surface area contributed by atoms with Crippen molar-refractivity contribution in [1.82, 2.24) is 0 Å². The predicted octanol–water partition coefficient (Wildman–Crippen LogP) is 1.49. The van der Waals surface area contributed by atoms with E-state index in [9.17, 15) is 9.59 Å². The summed E-state index contributed by atoms with van der Waals surface area (Å²) in [5.41, 5.74) is -0.776. The van der Waals surface area contributed by atoms with E-state index >= 15 is 0 Å². The first kappa shape index (κ1) is 11.7. The summed E-state index contributed by atoms with van der Waals surface area (Å²) >= 11 is 0. The standard InChI is InChI=1S/C10H6O4.Ag/c11-9(12)7-5-6-3-1-2-4-8(6)14-10(7)13;/h1-5H,(H,11,12);. The van der Waals surface area contributed by atoms with Crippen LogP contribution in [0, 0.1) is 0 Å². The molecule has 0 aliphatic heterocycles. The second-order valence-electron chi connectivity index (χ2n) is 2.79. The number of carbonyl (C=O) groups is 1. The van der Waals surface area contributed by atoms with Gasteiger partial charge in [0.05, 0.1) is 0 Å². The van der Waals surface area contributed by atoms with Gasteiger partial charge in [0.15, 0.2) is 0 Å². The largest absolute Gasteiger partial charge is 0.477 e. The molecule has 0 spiro atoms. The van der Waals surface area contributed by atoms with Gasteiger partial charge < -0.3 is 9.52 Å². The van der Waals surface area contributed by atoms with Crippen molar-refractivity contribution in [2.24, 2.45) is 0 Å². The van der Waals surface area contributed by atoms with Crippen molar-refractivity contribution in [2.75, 3.05) is 0 Å². The quantitative estimate of drug-likeness (QED) is 0.640. The molecule has 0 fully saturated rings. The molecule has 0 atom stereocenters. The molecule has 1 aromatic carbocycles. The maximum absolute atomic E-state index is 11.1. The number of hydrogen-bond donors (Lipinski definition) is 1. The summed E-state index contributed by atoms with van der Waals surface area (Å²) < 4.78 is 4.82. The van der Waals surface area contributed by atoms with Crippen molar-refractivity contribution < 1.29 is 36.7 Å². The van der Waals surface area contributed by atoms with Gasteiger partial charge in [-0.2, -0.15) is 0 Å². The number of para-hydroxylation sites is 1. The van der Waals surface area contributed by atoms with Crippen LogP contribution < -0.4 is 5.63 Å². The molecule has 0 saturated carbocycles. The Morgan fingerprint density at radius 2 is 1.93 bits per heavy atom. The molecule has 1 heterocycles. The first-order valence-electron chi connectivity index (χ1n) is 3.94. The zero-order valence-corrected chi connectivity index (χ0v) is 8.84. The molecular weight excluding hydrogens is 292 g/mol. The molecule has 2 rings (SSSR count). The number of fused-ring (bicyclic) bond motifs is 1. The molecular formula is C10H6AgO4. The van der Waals surface area contributed by atoms with Gasteiger partial charge in [0.25, 0.3) is 0 Å². The molecule has 1 aromatic heterocycles.